The molecule has 0 N–H and O–H groups in total. The number of carbonyl (C=O) groups is 1. The van der Waals surface area contributed by atoms with E-state index in [1.807, 2.05) is 4.94 Å². The third-order valence-corrected chi connectivity index (χ3v) is 0.616. The summed E-state index contributed by atoms with van der Waals surface area (Å²) >= 11 is 0. The van der Waals surface area contributed by atoms with Gasteiger partial charge in [0.1, 0.15) is 0 Å². The summed E-state index contributed by atoms with van der Waals surface area (Å²) in [5.41, 5.74) is 0. The number of hydrogen-bond donors (Lipinski definition) is 0. The van der Waals surface area contributed by atoms with Gasteiger partial charge in [0.2, 0.25) is 0 Å². The fraction of sp³-hybridized carbons (Fsp3) is 0.667. The van der Waals surface area contributed by atoms with Crippen LogP contribution in [0.5, 0.6) is 0 Å². The highest BCUT2D eigenvalue weighted by Gasteiger charge is 2.51. The zero-order chi connectivity index (χ0) is 8.36. The first-order valence-corrected chi connectivity index (χ1v) is 1.92. The van der Waals surface area contributed by atoms with Crippen LogP contribution in [-0.2, 0) is 9.74 Å². The van der Waals surface area contributed by atoms with Crippen LogP contribution in [0.4, 0.5) is 22.1 Å². The van der Waals surface area contributed by atoms with Gasteiger partial charge in [-0.2, -0.15) is 8.78 Å². The van der Waals surface area contributed by atoms with E-state index in [9.17, 15) is 26.9 Å². The van der Waals surface area contributed by atoms with Crippen LogP contribution in [0.25, 0.3) is 0 Å². The Bertz CT molecular complexity index is 133. The molecule has 60 valence electrons. The molecular weight excluding hydrogens is 163 g/mol. The number of carbonyl (C=O) groups excluding carboxylic acids is 1. The molecular formula is C3HF5O2. The van der Waals surface area contributed by atoms with E-state index in [-0.39, 0.29) is 0 Å². The Hall–Kier alpha value is -0.880. The van der Waals surface area contributed by atoms with Crippen molar-refractivity contribution in [1.29, 1.82) is 0 Å². The lowest BCUT2D eigenvalue weighted by Gasteiger charge is -2.08. The topological polar surface area (TPSA) is 26.3 Å². The molecule has 0 radical (unpaired) electrons. The average molecular weight is 164 g/mol. The van der Waals surface area contributed by atoms with Crippen LogP contribution in [0, 0.1) is 0 Å². The van der Waals surface area contributed by atoms with E-state index in [0.29, 0.717) is 0 Å². The molecule has 0 bridgehead atoms. The standard InChI is InChI=1S/C3HF5O2/c4-1(5)3(6,7)2(9)10-8/h1H. The number of alkyl halides is 4. The van der Waals surface area contributed by atoms with Crippen molar-refractivity contribution in [3.63, 3.8) is 0 Å². The lowest BCUT2D eigenvalue weighted by molar-refractivity contribution is -0.228. The Balaban J connectivity index is 4.24. The van der Waals surface area contributed by atoms with Crippen LogP contribution in [0.1, 0.15) is 0 Å². The molecule has 0 saturated carbocycles. The van der Waals surface area contributed by atoms with E-state index in [0.717, 1.165) is 0 Å². The first-order valence-electron chi connectivity index (χ1n) is 1.92. The van der Waals surface area contributed by atoms with Crippen LogP contribution in [0.2, 0.25) is 0 Å². The van der Waals surface area contributed by atoms with Gasteiger partial charge in [-0.3, -0.25) is 0 Å². The van der Waals surface area contributed by atoms with Crippen molar-refractivity contribution in [2.45, 2.75) is 12.3 Å². The van der Waals surface area contributed by atoms with Crippen LogP contribution in [0.3, 0.4) is 0 Å². The van der Waals surface area contributed by atoms with Gasteiger partial charge in [0.05, 0.1) is 0 Å². The molecule has 0 aliphatic rings. The third kappa shape index (κ3) is 1.55. The van der Waals surface area contributed by atoms with Crippen molar-refractivity contribution in [1.82, 2.24) is 0 Å². The minimum absolute atomic E-state index is 1.91. The molecule has 10 heavy (non-hydrogen) atoms. The molecule has 0 aromatic heterocycles. The summed E-state index contributed by atoms with van der Waals surface area (Å²) in [6.07, 6.45) is -4.25. The fourth-order valence-corrected chi connectivity index (χ4v) is 0.141. The Morgan fingerprint density at radius 2 is 1.80 bits per heavy atom. The van der Waals surface area contributed by atoms with Gasteiger partial charge < -0.3 is 0 Å². The molecule has 0 atom stereocenters. The zero-order valence-corrected chi connectivity index (χ0v) is 4.28. The molecule has 0 spiro atoms. The van der Waals surface area contributed by atoms with Crippen LogP contribution < -0.4 is 0 Å². The minimum Gasteiger partial charge on any atom is -0.248 e. The van der Waals surface area contributed by atoms with E-state index < -0.39 is 18.3 Å². The van der Waals surface area contributed by atoms with Crippen LogP contribution in [-0.4, -0.2) is 18.3 Å². The molecule has 0 aromatic carbocycles. The van der Waals surface area contributed by atoms with Gasteiger partial charge in [0.15, 0.2) is 0 Å². The summed E-state index contributed by atoms with van der Waals surface area (Å²) in [4.78, 5) is 11.4. The van der Waals surface area contributed by atoms with E-state index in [1.165, 1.54) is 0 Å². The highest BCUT2D eigenvalue weighted by molar-refractivity contribution is 5.77. The minimum atomic E-state index is -5.06. The van der Waals surface area contributed by atoms with E-state index in [2.05, 4.69) is 0 Å². The second-order valence-corrected chi connectivity index (χ2v) is 1.29. The van der Waals surface area contributed by atoms with Gasteiger partial charge >= 0.3 is 18.3 Å². The summed E-state index contributed by atoms with van der Waals surface area (Å²) in [5.74, 6) is -7.95. The summed E-state index contributed by atoms with van der Waals surface area (Å²) in [6.45, 7) is 0. The highest BCUT2D eigenvalue weighted by atomic mass is 19.3. The lowest BCUT2D eigenvalue weighted by Crippen LogP contribution is -2.36. The maximum atomic E-state index is 11.5. The summed E-state index contributed by atoms with van der Waals surface area (Å²) < 4.78 is 55.6. The molecule has 0 fully saturated rings. The molecule has 0 aromatic rings. The van der Waals surface area contributed by atoms with E-state index in [1.54, 1.807) is 0 Å². The largest absolute Gasteiger partial charge is 0.423 e. The van der Waals surface area contributed by atoms with Crippen molar-refractivity contribution in [2.75, 3.05) is 0 Å². The van der Waals surface area contributed by atoms with E-state index in [4.69, 9.17) is 0 Å². The molecule has 0 aliphatic heterocycles. The summed E-state index contributed by atoms with van der Waals surface area (Å²) in [7, 11) is 0. The Labute approximate surface area is 51.5 Å². The van der Waals surface area contributed by atoms with E-state index >= 15 is 0 Å². The molecule has 0 amide bonds. The second-order valence-electron chi connectivity index (χ2n) is 1.29. The highest BCUT2D eigenvalue weighted by Crippen LogP contribution is 2.24. The van der Waals surface area contributed by atoms with Gasteiger partial charge in [0, 0.05) is 4.53 Å². The Morgan fingerprint density at radius 1 is 1.40 bits per heavy atom. The summed E-state index contributed by atoms with van der Waals surface area (Å²) in [6, 6.07) is 0. The van der Waals surface area contributed by atoms with Gasteiger partial charge in [-0.05, 0) is 0 Å². The number of hydrogen-bond acceptors (Lipinski definition) is 2. The first kappa shape index (κ1) is 9.12. The molecule has 0 aliphatic carbocycles. The van der Waals surface area contributed by atoms with Crippen molar-refractivity contribution in [2.24, 2.45) is 0 Å². The van der Waals surface area contributed by atoms with Crippen molar-refractivity contribution in [3.8, 4) is 0 Å². The monoisotopic (exact) mass is 164 g/mol. The predicted octanol–water partition coefficient (Wildman–Crippen LogP) is 1.31. The van der Waals surface area contributed by atoms with Crippen molar-refractivity contribution < 1.29 is 31.8 Å². The molecule has 0 unspecified atom stereocenters. The number of halogens is 5. The molecule has 7 heteroatoms. The number of rotatable bonds is 2. The molecule has 0 heterocycles. The quantitative estimate of drug-likeness (QED) is 0.575. The molecule has 2 nitrogen and oxygen atoms in total. The first-order chi connectivity index (χ1) is 4.42. The smallest absolute Gasteiger partial charge is 0.248 e. The SMILES string of the molecule is O=C(OF)C(F)(F)C(F)F. The fourth-order valence-electron chi connectivity index (χ4n) is 0.141. The second kappa shape index (κ2) is 2.80. The van der Waals surface area contributed by atoms with Gasteiger partial charge in [0.25, 0.3) is 0 Å². The molecule has 0 rings (SSSR count). The maximum Gasteiger partial charge on any atom is 0.423 e. The Kier molecular flexibility index (Phi) is 2.56. The zero-order valence-electron chi connectivity index (χ0n) is 4.28. The third-order valence-electron chi connectivity index (χ3n) is 0.616. The lowest BCUT2D eigenvalue weighted by atomic mass is 10.4. The van der Waals surface area contributed by atoms with Gasteiger partial charge in [-0.15, -0.1) is 0 Å². The van der Waals surface area contributed by atoms with Crippen molar-refractivity contribution >= 4 is 5.97 Å². The van der Waals surface area contributed by atoms with Crippen LogP contribution in [0.15, 0.2) is 0 Å². The van der Waals surface area contributed by atoms with Crippen molar-refractivity contribution in [3.05, 3.63) is 0 Å². The normalized spacial score (nSPS) is 11.8. The predicted molar refractivity (Wildman–Crippen MR) is 18.2 cm³/mol. The molecule has 0 saturated heterocycles. The van der Waals surface area contributed by atoms with Gasteiger partial charge in [-0.1, -0.05) is 0 Å². The average Bonchev–Trinajstić information content (AvgIpc) is 1.86. The maximum absolute atomic E-state index is 11.5. The van der Waals surface area contributed by atoms with Crippen LogP contribution >= 0.6 is 0 Å². The van der Waals surface area contributed by atoms with Gasteiger partial charge in [-0.25, -0.2) is 18.5 Å². The summed E-state index contributed by atoms with van der Waals surface area (Å²) in [5, 5.41) is 0. The Morgan fingerprint density at radius 3 is 1.90 bits per heavy atom.